The van der Waals surface area contributed by atoms with E-state index in [1.165, 1.54) is 11.3 Å². The maximum absolute atomic E-state index is 4.21. The van der Waals surface area contributed by atoms with Crippen LogP contribution in [0.4, 0.5) is 0 Å². The quantitative estimate of drug-likeness (QED) is 0.823. The summed E-state index contributed by atoms with van der Waals surface area (Å²) < 4.78 is 2.22. The van der Waals surface area contributed by atoms with E-state index in [9.17, 15) is 0 Å². The zero-order valence-electron chi connectivity index (χ0n) is 10.3. The Morgan fingerprint density at radius 1 is 1.24 bits per heavy atom. The van der Waals surface area contributed by atoms with E-state index < -0.39 is 0 Å². The van der Waals surface area contributed by atoms with Crippen LogP contribution >= 0.6 is 0 Å². The molecule has 0 fully saturated rings. The van der Waals surface area contributed by atoms with E-state index in [0.717, 1.165) is 26.1 Å². The summed E-state index contributed by atoms with van der Waals surface area (Å²) >= 11 is 0. The third kappa shape index (κ3) is 3.43. The van der Waals surface area contributed by atoms with E-state index in [0.29, 0.717) is 0 Å². The van der Waals surface area contributed by atoms with Gasteiger partial charge in [-0.1, -0.05) is 37.3 Å². The van der Waals surface area contributed by atoms with E-state index in [1.54, 1.807) is 0 Å². The Bertz CT molecular complexity index is 434. The highest BCUT2D eigenvalue weighted by Gasteiger charge is 2.01. The van der Waals surface area contributed by atoms with E-state index in [1.807, 2.05) is 12.5 Å². The highest BCUT2D eigenvalue weighted by molar-refractivity contribution is 5.14. The fourth-order valence-corrected chi connectivity index (χ4v) is 1.84. The van der Waals surface area contributed by atoms with Gasteiger partial charge >= 0.3 is 0 Å². The average molecular weight is 229 g/mol. The number of aromatic nitrogens is 2. The molecule has 0 spiro atoms. The van der Waals surface area contributed by atoms with Crippen molar-refractivity contribution >= 4 is 0 Å². The van der Waals surface area contributed by atoms with Gasteiger partial charge in [-0.05, 0) is 18.5 Å². The summed E-state index contributed by atoms with van der Waals surface area (Å²) in [7, 11) is 0. The maximum atomic E-state index is 4.21. The zero-order chi connectivity index (χ0) is 11.9. The monoisotopic (exact) mass is 229 g/mol. The molecule has 2 aromatic rings. The molecule has 2 rings (SSSR count). The van der Waals surface area contributed by atoms with Gasteiger partial charge in [0.2, 0.25) is 0 Å². The molecule has 0 bridgehead atoms. The summed E-state index contributed by atoms with van der Waals surface area (Å²) in [6.07, 6.45) is 4.90. The minimum Gasteiger partial charge on any atom is -0.333 e. The van der Waals surface area contributed by atoms with Crippen molar-refractivity contribution in [1.29, 1.82) is 0 Å². The Morgan fingerprint density at radius 2 is 2.06 bits per heavy atom. The number of benzene rings is 1. The summed E-state index contributed by atoms with van der Waals surface area (Å²) in [4.78, 5) is 4.21. The second-order valence-electron chi connectivity index (χ2n) is 4.09. The smallest absolute Gasteiger partial charge is 0.0948 e. The number of hydrogen-bond donors (Lipinski definition) is 1. The van der Waals surface area contributed by atoms with Crippen LogP contribution in [-0.4, -0.2) is 16.1 Å². The van der Waals surface area contributed by atoms with Crippen LogP contribution < -0.4 is 5.32 Å². The summed E-state index contributed by atoms with van der Waals surface area (Å²) in [6, 6.07) is 10.6. The van der Waals surface area contributed by atoms with Crippen LogP contribution in [0, 0.1) is 0 Å². The van der Waals surface area contributed by atoms with Gasteiger partial charge in [-0.25, -0.2) is 4.98 Å². The van der Waals surface area contributed by atoms with Gasteiger partial charge in [0, 0.05) is 19.3 Å². The first-order valence-electron chi connectivity index (χ1n) is 6.14. The summed E-state index contributed by atoms with van der Waals surface area (Å²) in [6.45, 7) is 4.99. The van der Waals surface area contributed by atoms with E-state index in [4.69, 9.17) is 0 Å². The van der Waals surface area contributed by atoms with Crippen LogP contribution in [0.2, 0.25) is 0 Å². The van der Waals surface area contributed by atoms with Crippen LogP contribution in [0.5, 0.6) is 0 Å². The Morgan fingerprint density at radius 3 is 2.82 bits per heavy atom. The van der Waals surface area contributed by atoms with Gasteiger partial charge in [-0.2, -0.15) is 0 Å². The van der Waals surface area contributed by atoms with Gasteiger partial charge in [0.05, 0.1) is 12.0 Å². The van der Waals surface area contributed by atoms with Crippen molar-refractivity contribution in [2.45, 2.75) is 26.4 Å². The summed E-state index contributed by atoms with van der Waals surface area (Å²) in [5.41, 5.74) is 2.62. The molecule has 1 aromatic heterocycles. The molecule has 0 unspecified atom stereocenters. The molecule has 17 heavy (non-hydrogen) atoms. The van der Waals surface area contributed by atoms with E-state index in [2.05, 4.69) is 52.1 Å². The first-order chi connectivity index (χ1) is 8.40. The molecule has 0 atom stereocenters. The number of nitrogens with one attached hydrogen (secondary N) is 1. The first kappa shape index (κ1) is 11.9. The lowest BCUT2D eigenvalue weighted by atomic mass is 10.1. The van der Waals surface area contributed by atoms with Crippen molar-refractivity contribution in [2.75, 3.05) is 6.54 Å². The molecule has 1 heterocycles. The number of imidazole rings is 1. The van der Waals surface area contributed by atoms with Crippen molar-refractivity contribution < 1.29 is 0 Å². The highest BCUT2D eigenvalue weighted by atomic mass is 15.1. The second-order valence-corrected chi connectivity index (χ2v) is 4.09. The molecule has 3 nitrogen and oxygen atoms in total. The van der Waals surface area contributed by atoms with Crippen molar-refractivity contribution in [3.8, 4) is 0 Å². The third-order valence-corrected chi connectivity index (χ3v) is 2.84. The molecule has 90 valence electrons. The fraction of sp³-hybridized carbons (Fsp3) is 0.357. The predicted octanol–water partition coefficient (Wildman–Crippen LogP) is 2.24. The van der Waals surface area contributed by atoms with Crippen LogP contribution in [0.1, 0.15) is 18.2 Å². The van der Waals surface area contributed by atoms with Gasteiger partial charge in [0.25, 0.3) is 0 Å². The molecule has 0 amide bonds. The molecule has 0 saturated carbocycles. The maximum Gasteiger partial charge on any atom is 0.0948 e. The van der Waals surface area contributed by atoms with Gasteiger partial charge < -0.3 is 9.88 Å². The Hall–Kier alpha value is -1.61. The lowest BCUT2D eigenvalue weighted by Crippen LogP contribution is -2.15. The summed E-state index contributed by atoms with van der Waals surface area (Å²) in [5.74, 6) is 0. The number of aryl methyl sites for hydroxylation is 2. The third-order valence-electron chi connectivity index (χ3n) is 2.84. The van der Waals surface area contributed by atoms with Gasteiger partial charge in [-0.15, -0.1) is 0 Å². The molecule has 0 radical (unpaired) electrons. The standard InChI is InChI=1S/C14H19N3/c1-2-15-10-14-11-16-12-17(14)9-8-13-6-4-3-5-7-13/h3-7,11-12,15H,2,8-10H2,1H3. The minimum absolute atomic E-state index is 0.894. The molecule has 0 saturated heterocycles. The largest absolute Gasteiger partial charge is 0.333 e. The molecule has 0 aliphatic carbocycles. The SMILES string of the molecule is CCNCc1cncn1CCc1ccccc1. The molecule has 1 N–H and O–H groups in total. The fourth-order valence-electron chi connectivity index (χ4n) is 1.84. The second kappa shape index (κ2) is 6.21. The Labute approximate surface area is 103 Å². The van der Waals surface area contributed by atoms with Gasteiger partial charge in [0.15, 0.2) is 0 Å². The van der Waals surface area contributed by atoms with Crippen LogP contribution in [0.3, 0.4) is 0 Å². The van der Waals surface area contributed by atoms with Crippen LogP contribution in [0.15, 0.2) is 42.9 Å². The first-order valence-corrected chi connectivity index (χ1v) is 6.14. The van der Waals surface area contributed by atoms with E-state index >= 15 is 0 Å². The average Bonchev–Trinajstić information content (AvgIpc) is 2.82. The highest BCUT2D eigenvalue weighted by Crippen LogP contribution is 2.04. The molecular weight excluding hydrogens is 210 g/mol. The van der Waals surface area contributed by atoms with Crippen molar-refractivity contribution in [3.63, 3.8) is 0 Å². The normalized spacial score (nSPS) is 10.6. The topological polar surface area (TPSA) is 29.9 Å². The van der Waals surface area contributed by atoms with Crippen molar-refractivity contribution in [2.24, 2.45) is 0 Å². The molecular formula is C14H19N3. The Balaban J connectivity index is 1.92. The minimum atomic E-state index is 0.894. The molecule has 1 aromatic carbocycles. The van der Waals surface area contributed by atoms with Crippen molar-refractivity contribution in [1.82, 2.24) is 14.9 Å². The number of rotatable bonds is 6. The van der Waals surface area contributed by atoms with Crippen LogP contribution in [-0.2, 0) is 19.5 Å². The lowest BCUT2D eigenvalue weighted by molar-refractivity contribution is 0.619. The lowest BCUT2D eigenvalue weighted by Gasteiger charge is -2.08. The number of hydrogen-bond acceptors (Lipinski definition) is 2. The zero-order valence-corrected chi connectivity index (χ0v) is 10.3. The van der Waals surface area contributed by atoms with E-state index in [-0.39, 0.29) is 0 Å². The summed E-state index contributed by atoms with van der Waals surface area (Å²) in [5, 5.41) is 3.33. The Kier molecular flexibility index (Phi) is 4.33. The molecule has 0 aliphatic heterocycles. The predicted molar refractivity (Wildman–Crippen MR) is 69.8 cm³/mol. The van der Waals surface area contributed by atoms with Gasteiger partial charge in [-0.3, -0.25) is 0 Å². The van der Waals surface area contributed by atoms with Crippen LogP contribution in [0.25, 0.3) is 0 Å². The molecule has 3 heteroatoms. The molecule has 0 aliphatic rings. The van der Waals surface area contributed by atoms with Crippen molar-refractivity contribution in [3.05, 3.63) is 54.1 Å². The van der Waals surface area contributed by atoms with Gasteiger partial charge in [0.1, 0.15) is 0 Å². The number of nitrogens with zero attached hydrogens (tertiary/aromatic N) is 2.